The Morgan fingerprint density at radius 2 is 2.17 bits per heavy atom. The number of nitrogen functional groups attached to an aromatic ring is 1. The van der Waals surface area contributed by atoms with Crippen LogP contribution in [0.15, 0.2) is 30.4 Å². The Balaban J connectivity index is 2.86. The summed E-state index contributed by atoms with van der Waals surface area (Å²) >= 11 is 0. The van der Waals surface area contributed by atoms with Crippen LogP contribution in [0.4, 0.5) is 5.69 Å². The van der Waals surface area contributed by atoms with Gasteiger partial charge in [0.15, 0.2) is 0 Å². The predicted octanol–water partition coefficient (Wildman–Crippen LogP) is 2.36. The van der Waals surface area contributed by atoms with Gasteiger partial charge in [0, 0.05) is 11.6 Å². The van der Waals surface area contributed by atoms with Crippen LogP contribution in [0.2, 0.25) is 0 Å². The van der Waals surface area contributed by atoms with E-state index in [4.69, 9.17) is 10.5 Å². The van der Waals surface area contributed by atoms with Gasteiger partial charge in [0.05, 0.1) is 5.69 Å². The van der Waals surface area contributed by atoms with Gasteiger partial charge in [-0.1, -0.05) is 6.58 Å². The molecule has 0 spiro atoms. The van der Waals surface area contributed by atoms with Crippen LogP contribution in [-0.4, -0.2) is 18.6 Å². The normalized spacial score (nSPS) is 10.2. The molecule has 0 fully saturated rings. The average Bonchev–Trinajstić information content (AvgIpc) is 2.26. The molecule has 3 N–H and O–H groups in total. The van der Waals surface area contributed by atoms with Gasteiger partial charge in [0.2, 0.25) is 0 Å². The summed E-state index contributed by atoms with van der Waals surface area (Å²) in [5.74, 6) is 0.375. The standard InChI is InChI=1S/C14H20N2O2/c1-9(2)8-18-13-7-11(5-6-12(13)15)14(17)16-10(3)4/h5-7,10H,1,8,15H2,2-4H3,(H,16,17). The highest BCUT2D eigenvalue weighted by Gasteiger charge is 2.10. The quantitative estimate of drug-likeness (QED) is 0.621. The van der Waals surface area contributed by atoms with Gasteiger partial charge in [0.25, 0.3) is 5.91 Å². The number of nitrogens with two attached hydrogens (primary N) is 1. The van der Waals surface area contributed by atoms with E-state index >= 15 is 0 Å². The van der Waals surface area contributed by atoms with E-state index in [2.05, 4.69) is 11.9 Å². The molecule has 0 heterocycles. The Labute approximate surface area is 108 Å². The van der Waals surface area contributed by atoms with Crippen molar-refractivity contribution in [3.63, 3.8) is 0 Å². The molecule has 0 atom stereocenters. The Morgan fingerprint density at radius 3 is 2.72 bits per heavy atom. The monoisotopic (exact) mass is 248 g/mol. The van der Waals surface area contributed by atoms with E-state index in [0.29, 0.717) is 23.6 Å². The van der Waals surface area contributed by atoms with Gasteiger partial charge in [-0.15, -0.1) is 0 Å². The van der Waals surface area contributed by atoms with Gasteiger partial charge in [-0.25, -0.2) is 0 Å². The maximum absolute atomic E-state index is 11.8. The lowest BCUT2D eigenvalue weighted by Gasteiger charge is -2.12. The molecule has 0 saturated heterocycles. The average molecular weight is 248 g/mol. The highest BCUT2D eigenvalue weighted by molar-refractivity contribution is 5.95. The molecule has 98 valence electrons. The molecule has 1 aromatic carbocycles. The zero-order chi connectivity index (χ0) is 13.7. The lowest BCUT2D eigenvalue weighted by molar-refractivity contribution is 0.0942. The molecule has 1 aromatic rings. The number of carbonyl (C=O) groups is 1. The third kappa shape index (κ3) is 4.13. The van der Waals surface area contributed by atoms with Gasteiger partial charge >= 0.3 is 0 Å². The number of benzene rings is 1. The number of anilines is 1. The molecule has 0 aromatic heterocycles. The highest BCUT2D eigenvalue weighted by Crippen LogP contribution is 2.23. The fourth-order valence-corrected chi connectivity index (χ4v) is 1.35. The summed E-state index contributed by atoms with van der Waals surface area (Å²) in [7, 11) is 0. The van der Waals surface area contributed by atoms with Crippen molar-refractivity contribution in [2.75, 3.05) is 12.3 Å². The maximum Gasteiger partial charge on any atom is 0.251 e. The van der Waals surface area contributed by atoms with Gasteiger partial charge in [-0.2, -0.15) is 0 Å². The lowest BCUT2D eigenvalue weighted by atomic mass is 10.1. The fourth-order valence-electron chi connectivity index (χ4n) is 1.35. The van der Waals surface area contributed by atoms with E-state index in [-0.39, 0.29) is 11.9 Å². The Morgan fingerprint density at radius 1 is 1.50 bits per heavy atom. The van der Waals surface area contributed by atoms with Crippen molar-refractivity contribution in [3.8, 4) is 5.75 Å². The fraction of sp³-hybridized carbons (Fsp3) is 0.357. The highest BCUT2D eigenvalue weighted by atomic mass is 16.5. The molecular weight excluding hydrogens is 228 g/mol. The topological polar surface area (TPSA) is 64.3 Å². The zero-order valence-electron chi connectivity index (χ0n) is 11.1. The second kappa shape index (κ2) is 6.10. The minimum Gasteiger partial charge on any atom is -0.487 e. The summed E-state index contributed by atoms with van der Waals surface area (Å²) in [4.78, 5) is 11.8. The summed E-state index contributed by atoms with van der Waals surface area (Å²) in [5, 5.41) is 2.82. The maximum atomic E-state index is 11.8. The first kappa shape index (κ1) is 14.1. The van der Waals surface area contributed by atoms with Crippen molar-refractivity contribution in [2.24, 2.45) is 0 Å². The van der Waals surface area contributed by atoms with Crippen LogP contribution in [0.1, 0.15) is 31.1 Å². The van der Waals surface area contributed by atoms with Crippen molar-refractivity contribution in [1.29, 1.82) is 0 Å². The van der Waals surface area contributed by atoms with Gasteiger partial charge in [-0.3, -0.25) is 4.79 Å². The summed E-state index contributed by atoms with van der Waals surface area (Å²) in [6.07, 6.45) is 0. The number of nitrogens with one attached hydrogen (secondary N) is 1. The number of hydrogen-bond acceptors (Lipinski definition) is 3. The molecule has 0 unspecified atom stereocenters. The molecule has 0 saturated carbocycles. The van der Waals surface area contributed by atoms with E-state index in [1.165, 1.54) is 0 Å². The van der Waals surface area contributed by atoms with E-state index in [9.17, 15) is 4.79 Å². The van der Waals surface area contributed by atoms with Crippen LogP contribution in [0.25, 0.3) is 0 Å². The number of hydrogen-bond donors (Lipinski definition) is 2. The lowest BCUT2D eigenvalue weighted by Crippen LogP contribution is -2.30. The summed E-state index contributed by atoms with van der Waals surface area (Å²) in [6, 6.07) is 5.09. The molecule has 0 bridgehead atoms. The van der Waals surface area contributed by atoms with Crippen molar-refractivity contribution in [2.45, 2.75) is 26.8 Å². The van der Waals surface area contributed by atoms with Gasteiger partial charge in [-0.05, 0) is 44.5 Å². The first-order valence-corrected chi connectivity index (χ1v) is 5.87. The van der Waals surface area contributed by atoms with E-state index in [0.717, 1.165) is 5.57 Å². The number of carbonyl (C=O) groups excluding carboxylic acids is 1. The smallest absolute Gasteiger partial charge is 0.251 e. The SMILES string of the molecule is C=C(C)COc1cc(C(=O)NC(C)C)ccc1N. The Kier molecular flexibility index (Phi) is 4.77. The molecular formula is C14H20N2O2. The van der Waals surface area contributed by atoms with Crippen LogP contribution < -0.4 is 15.8 Å². The predicted molar refractivity (Wildman–Crippen MR) is 73.8 cm³/mol. The molecule has 0 aliphatic carbocycles. The Bertz CT molecular complexity index is 453. The first-order chi connectivity index (χ1) is 8.40. The van der Waals surface area contributed by atoms with Crippen molar-refractivity contribution >= 4 is 11.6 Å². The van der Waals surface area contributed by atoms with E-state index in [1.54, 1.807) is 18.2 Å². The summed E-state index contributed by atoms with van der Waals surface area (Å²) in [5.41, 5.74) is 7.73. The Hall–Kier alpha value is -1.97. The second-order valence-electron chi connectivity index (χ2n) is 4.63. The van der Waals surface area contributed by atoms with Crippen molar-refractivity contribution < 1.29 is 9.53 Å². The zero-order valence-corrected chi connectivity index (χ0v) is 11.1. The minimum atomic E-state index is -0.134. The molecule has 0 aliphatic rings. The van der Waals surface area contributed by atoms with Crippen LogP contribution >= 0.6 is 0 Å². The number of ether oxygens (including phenoxy) is 1. The van der Waals surface area contributed by atoms with Crippen molar-refractivity contribution in [3.05, 3.63) is 35.9 Å². The minimum absolute atomic E-state index is 0.0924. The van der Waals surface area contributed by atoms with Crippen LogP contribution in [0.5, 0.6) is 5.75 Å². The van der Waals surface area contributed by atoms with Crippen LogP contribution in [0.3, 0.4) is 0 Å². The molecule has 1 amide bonds. The first-order valence-electron chi connectivity index (χ1n) is 5.87. The third-order valence-electron chi connectivity index (χ3n) is 2.17. The van der Waals surface area contributed by atoms with Gasteiger partial charge in [0.1, 0.15) is 12.4 Å². The van der Waals surface area contributed by atoms with Crippen molar-refractivity contribution in [1.82, 2.24) is 5.32 Å². The number of amides is 1. The van der Waals surface area contributed by atoms with E-state index in [1.807, 2.05) is 20.8 Å². The molecule has 4 nitrogen and oxygen atoms in total. The molecule has 0 aliphatic heterocycles. The summed E-state index contributed by atoms with van der Waals surface area (Å²) < 4.78 is 5.49. The number of rotatable bonds is 5. The van der Waals surface area contributed by atoms with Gasteiger partial charge < -0.3 is 15.8 Å². The van der Waals surface area contributed by atoms with Crippen LogP contribution in [-0.2, 0) is 0 Å². The summed E-state index contributed by atoms with van der Waals surface area (Å²) in [6.45, 7) is 9.83. The molecule has 4 heteroatoms. The van der Waals surface area contributed by atoms with Crippen LogP contribution in [0, 0.1) is 0 Å². The largest absolute Gasteiger partial charge is 0.487 e. The second-order valence-corrected chi connectivity index (χ2v) is 4.63. The molecule has 1 rings (SSSR count). The third-order valence-corrected chi connectivity index (χ3v) is 2.17. The molecule has 0 radical (unpaired) electrons. The molecule has 18 heavy (non-hydrogen) atoms. The van der Waals surface area contributed by atoms with E-state index < -0.39 is 0 Å².